The van der Waals surface area contributed by atoms with Crippen LogP contribution >= 0.6 is 0 Å². The van der Waals surface area contributed by atoms with E-state index < -0.39 is 16.6 Å². The average Bonchev–Trinajstić information content (AvgIpc) is 2.52. The Morgan fingerprint density at radius 3 is 2.80 bits per heavy atom. The van der Waals surface area contributed by atoms with Crippen LogP contribution in [0.1, 0.15) is 40.5 Å². The number of piperidine rings is 1. The van der Waals surface area contributed by atoms with Crippen LogP contribution in [-0.4, -0.2) is 40.7 Å². The molecule has 1 aliphatic heterocycles. The highest BCUT2D eigenvalue weighted by molar-refractivity contribution is 5.68. The highest BCUT2D eigenvalue weighted by Gasteiger charge is 2.31. The van der Waals surface area contributed by atoms with E-state index in [1.807, 2.05) is 25.7 Å². The number of carbonyl (C=O) groups is 1. The monoisotopic (exact) mass is 350 g/mol. The van der Waals surface area contributed by atoms with Gasteiger partial charge in [0.15, 0.2) is 0 Å². The van der Waals surface area contributed by atoms with Crippen LogP contribution in [0.15, 0.2) is 18.5 Å². The van der Waals surface area contributed by atoms with Crippen LogP contribution in [0.5, 0.6) is 0 Å². The van der Waals surface area contributed by atoms with Gasteiger partial charge in [-0.25, -0.2) is 4.79 Å². The molecule has 2 rings (SSSR count). The summed E-state index contributed by atoms with van der Waals surface area (Å²) in [6.07, 6.45) is 4.11. The van der Waals surface area contributed by atoms with Crippen LogP contribution in [-0.2, 0) is 4.74 Å². The highest BCUT2D eigenvalue weighted by Crippen LogP contribution is 2.31. The van der Waals surface area contributed by atoms with Crippen molar-refractivity contribution in [2.45, 2.75) is 52.2 Å². The molecule has 8 nitrogen and oxygen atoms in total. The zero-order chi connectivity index (χ0) is 18.6. The number of hydrogen-bond donors (Lipinski definition) is 1. The van der Waals surface area contributed by atoms with Crippen LogP contribution < -0.4 is 10.2 Å². The molecule has 1 N–H and O–H groups in total. The number of aromatic nitrogens is 1. The number of carbonyl (C=O) groups excluding carboxylic acids is 1. The number of alkyl carbamates (subject to hydrolysis) is 1. The Hall–Kier alpha value is -2.38. The Morgan fingerprint density at radius 2 is 2.20 bits per heavy atom. The average molecular weight is 350 g/mol. The molecule has 0 aliphatic carbocycles. The summed E-state index contributed by atoms with van der Waals surface area (Å²) in [7, 11) is 0. The summed E-state index contributed by atoms with van der Waals surface area (Å²) < 4.78 is 5.33. The lowest BCUT2D eigenvalue weighted by atomic mass is 9.91. The smallest absolute Gasteiger partial charge is 0.407 e. The van der Waals surface area contributed by atoms with E-state index in [0.29, 0.717) is 24.7 Å². The van der Waals surface area contributed by atoms with Gasteiger partial charge < -0.3 is 15.0 Å². The van der Waals surface area contributed by atoms with Crippen molar-refractivity contribution >= 4 is 17.5 Å². The molecule has 1 saturated heterocycles. The van der Waals surface area contributed by atoms with Crippen LogP contribution in [0.4, 0.5) is 16.2 Å². The maximum atomic E-state index is 12.1. The number of ether oxygens (including phenoxy) is 1. The molecule has 138 valence electrons. The molecule has 1 aromatic rings. The topological polar surface area (TPSA) is 97.6 Å². The van der Waals surface area contributed by atoms with E-state index in [9.17, 15) is 14.9 Å². The molecular weight excluding hydrogens is 324 g/mol. The third-order valence-corrected chi connectivity index (χ3v) is 4.15. The molecule has 25 heavy (non-hydrogen) atoms. The number of hydrogen-bond acceptors (Lipinski definition) is 6. The van der Waals surface area contributed by atoms with E-state index >= 15 is 0 Å². The third kappa shape index (κ3) is 5.30. The van der Waals surface area contributed by atoms with Gasteiger partial charge in [0.25, 0.3) is 0 Å². The molecule has 8 heteroatoms. The van der Waals surface area contributed by atoms with Crippen molar-refractivity contribution in [2.75, 3.05) is 18.0 Å². The van der Waals surface area contributed by atoms with E-state index in [1.165, 1.54) is 6.20 Å². The quantitative estimate of drug-likeness (QED) is 0.662. The molecule has 1 fully saturated rings. The van der Waals surface area contributed by atoms with Gasteiger partial charge in [-0.05, 0) is 39.2 Å². The van der Waals surface area contributed by atoms with Gasteiger partial charge in [-0.3, -0.25) is 15.1 Å². The zero-order valence-electron chi connectivity index (χ0n) is 15.2. The molecule has 0 spiro atoms. The van der Waals surface area contributed by atoms with Gasteiger partial charge in [-0.15, -0.1) is 0 Å². The van der Waals surface area contributed by atoms with Crippen molar-refractivity contribution in [1.29, 1.82) is 0 Å². The highest BCUT2D eigenvalue weighted by atomic mass is 16.6. The number of nitrogens with one attached hydrogen (secondary N) is 1. The van der Waals surface area contributed by atoms with Crippen molar-refractivity contribution in [3.8, 4) is 0 Å². The number of rotatable bonds is 4. The van der Waals surface area contributed by atoms with E-state index in [-0.39, 0.29) is 11.7 Å². The second-order valence-corrected chi connectivity index (χ2v) is 7.38. The van der Waals surface area contributed by atoms with E-state index in [1.54, 1.807) is 12.3 Å². The summed E-state index contributed by atoms with van der Waals surface area (Å²) in [6.45, 7) is 8.74. The number of nitro groups is 1. The lowest BCUT2D eigenvalue weighted by Crippen LogP contribution is -2.51. The maximum absolute atomic E-state index is 12.1. The van der Waals surface area contributed by atoms with E-state index in [0.717, 1.165) is 12.8 Å². The number of nitrogens with zero attached hydrogens (tertiary/aromatic N) is 3. The third-order valence-electron chi connectivity index (χ3n) is 4.15. The summed E-state index contributed by atoms with van der Waals surface area (Å²) in [6, 6.07) is 1.53. The van der Waals surface area contributed by atoms with Gasteiger partial charge >= 0.3 is 11.8 Å². The van der Waals surface area contributed by atoms with E-state index in [2.05, 4.69) is 17.2 Å². The fraction of sp³-hybridized carbons (Fsp3) is 0.647. The number of amides is 1. The predicted octanol–water partition coefficient (Wildman–Crippen LogP) is 3.12. The fourth-order valence-corrected chi connectivity index (χ4v) is 3.06. The number of pyridine rings is 1. The van der Waals surface area contributed by atoms with Crippen LogP contribution in [0.2, 0.25) is 0 Å². The van der Waals surface area contributed by atoms with Crippen molar-refractivity contribution in [2.24, 2.45) is 5.92 Å². The summed E-state index contributed by atoms with van der Waals surface area (Å²) in [4.78, 5) is 28.7. The van der Waals surface area contributed by atoms with Gasteiger partial charge in [0, 0.05) is 19.3 Å². The maximum Gasteiger partial charge on any atom is 0.407 e. The Labute approximate surface area is 147 Å². The second kappa shape index (κ2) is 7.67. The summed E-state index contributed by atoms with van der Waals surface area (Å²) in [5.41, 5.74) is -0.0450. The predicted molar refractivity (Wildman–Crippen MR) is 94.7 cm³/mol. The molecule has 0 aromatic carbocycles. The first-order valence-corrected chi connectivity index (χ1v) is 8.52. The SMILES string of the molecule is CCC1C[C@H](NC(=O)OC(C)(C)C)CN(c2ccncc2[N+](=O)[O-])C1. The normalized spacial score (nSPS) is 20.9. The van der Waals surface area contributed by atoms with Gasteiger partial charge in [-0.2, -0.15) is 0 Å². The van der Waals surface area contributed by atoms with Crippen LogP contribution in [0.3, 0.4) is 0 Å². The van der Waals surface area contributed by atoms with Gasteiger partial charge in [0.1, 0.15) is 17.5 Å². The molecule has 2 atom stereocenters. The minimum Gasteiger partial charge on any atom is -0.444 e. The minimum absolute atomic E-state index is 0.0183. The summed E-state index contributed by atoms with van der Waals surface area (Å²) in [5, 5.41) is 14.2. The molecule has 1 amide bonds. The van der Waals surface area contributed by atoms with Crippen molar-refractivity contribution in [1.82, 2.24) is 10.3 Å². The van der Waals surface area contributed by atoms with Gasteiger partial charge in [0.2, 0.25) is 0 Å². The Bertz CT molecular complexity index is 629. The summed E-state index contributed by atoms with van der Waals surface area (Å²) in [5.74, 6) is 0.335. The minimum atomic E-state index is -0.563. The number of anilines is 1. The molecule has 1 aliphatic rings. The van der Waals surface area contributed by atoms with Crippen LogP contribution in [0, 0.1) is 16.0 Å². The van der Waals surface area contributed by atoms with Crippen LogP contribution in [0.25, 0.3) is 0 Å². The Kier molecular flexibility index (Phi) is 5.81. The van der Waals surface area contributed by atoms with Crippen molar-refractivity contribution in [3.63, 3.8) is 0 Å². The fourth-order valence-electron chi connectivity index (χ4n) is 3.06. The van der Waals surface area contributed by atoms with Crippen molar-refractivity contribution < 1.29 is 14.5 Å². The van der Waals surface area contributed by atoms with Gasteiger partial charge in [-0.1, -0.05) is 13.3 Å². The molecule has 0 radical (unpaired) electrons. The van der Waals surface area contributed by atoms with Crippen molar-refractivity contribution in [3.05, 3.63) is 28.6 Å². The Morgan fingerprint density at radius 1 is 1.48 bits per heavy atom. The first-order chi connectivity index (χ1) is 11.7. The molecule has 1 aromatic heterocycles. The van der Waals surface area contributed by atoms with E-state index in [4.69, 9.17) is 4.74 Å². The largest absolute Gasteiger partial charge is 0.444 e. The first kappa shape index (κ1) is 19.0. The molecule has 2 heterocycles. The van der Waals surface area contributed by atoms with Gasteiger partial charge in [0.05, 0.1) is 11.0 Å². The lowest BCUT2D eigenvalue weighted by Gasteiger charge is -2.39. The molecule has 1 unspecified atom stereocenters. The molecule has 0 saturated carbocycles. The molecular formula is C17H26N4O4. The Balaban J connectivity index is 2.15. The summed E-state index contributed by atoms with van der Waals surface area (Å²) >= 11 is 0. The standard InChI is InChI=1S/C17H26N4O4/c1-5-12-8-13(19-16(22)25-17(2,3)4)11-20(10-12)14-6-7-18-9-15(14)21(23)24/h6-7,9,12-13H,5,8,10-11H2,1-4H3,(H,19,22)/t12?,13-/m0/s1. The first-order valence-electron chi connectivity index (χ1n) is 8.52. The lowest BCUT2D eigenvalue weighted by molar-refractivity contribution is -0.384. The molecule has 0 bridgehead atoms. The second-order valence-electron chi connectivity index (χ2n) is 7.38. The zero-order valence-corrected chi connectivity index (χ0v) is 15.2.